The molecule has 0 spiro atoms. The number of aromatic nitrogens is 2. The molecule has 0 amide bonds. The summed E-state index contributed by atoms with van der Waals surface area (Å²) >= 11 is 0. The van der Waals surface area contributed by atoms with Gasteiger partial charge in [-0.3, -0.25) is 14.1 Å². The van der Waals surface area contributed by atoms with Crippen molar-refractivity contribution >= 4 is 32.3 Å². The van der Waals surface area contributed by atoms with E-state index < -0.39 is 10.0 Å². The van der Waals surface area contributed by atoms with Crippen molar-refractivity contribution in [2.45, 2.75) is 24.7 Å². The van der Waals surface area contributed by atoms with Gasteiger partial charge in [-0.05, 0) is 67.1 Å². The third-order valence-corrected chi connectivity index (χ3v) is 6.76. The van der Waals surface area contributed by atoms with Gasteiger partial charge in [0.25, 0.3) is 15.6 Å². The van der Waals surface area contributed by atoms with Gasteiger partial charge in [0, 0.05) is 31.9 Å². The lowest BCUT2D eigenvalue weighted by Gasteiger charge is -2.15. The predicted molar refractivity (Wildman–Crippen MR) is 133 cm³/mol. The van der Waals surface area contributed by atoms with Crippen molar-refractivity contribution in [3.8, 4) is 5.69 Å². The van der Waals surface area contributed by atoms with Crippen LogP contribution in [-0.4, -0.2) is 32.1 Å². The Bertz CT molecular complexity index is 1440. The summed E-state index contributed by atoms with van der Waals surface area (Å²) in [4.78, 5) is 19.9. The number of nitrogens with zero attached hydrogens (tertiary/aromatic N) is 3. The standard InChI is InChI=1S/C25H26N4O3S/c1-4-7-24-26-23-9-6-5-8-22(23)25(30)29(24)20-14-16-21(17-15-20)33(31,32)27-18-10-12-19(13-11-18)28(2)3/h5-6,8-17,27H,4,7H2,1-3H3. The number of hydrogen-bond acceptors (Lipinski definition) is 5. The number of benzene rings is 3. The lowest BCUT2D eigenvalue weighted by atomic mass is 10.2. The molecule has 0 bridgehead atoms. The van der Waals surface area contributed by atoms with Crippen molar-refractivity contribution in [2.75, 3.05) is 23.7 Å². The maximum atomic E-state index is 13.2. The molecule has 0 aliphatic carbocycles. The smallest absolute Gasteiger partial charge is 0.265 e. The van der Waals surface area contributed by atoms with Crippen LogP contribution in [0.5, 0.6) is 0 Å². The molecule has 0 unspecified atom stereocenters. The summed E-state index contributed by atoms with van der Waals surface area (Å²) in [5.74, 6) is 0.649. The Morgan fingerprint density at radius 3 is 2.24 bits per heavy atom. The van der Waals surface area contributed by atoms with Crippen LogP contribution in [0, 0.1) is 0 Å². The molecule has 4 rings (SSSR count). The minimum atomic E-state index is -3.78. The normalized spacial score (nSPS) is 11.5. The first kappa shape index (κ1) is 22.5. The second kappa shape index (κ2) is 9.07. The molecular formula is C25H26N4O3S. The van der Waals surface area contributed by atoms with Gasteiger partial charge in [-0.25, -0.2) is 13.4 Å². The van der Waals surface area contributed by atoms with Gasteiger partial charge in [0.1, 0.15) is 5.82 Å². The first-order valence-corrected chi connectivity index (χ1v) is 12.2. The van der Waals surface area contributed by atoms with E-state index in [1.165, 1.54) is 12.1 Å². The summed E-state index contributed by atoms with van der Waals surface area (Å²) in [6.45, 7) is 2.03. The highest BCUT2D eigenvalue weighted by molar-refractivity contribution is 7.92. The van der Waals surface area contributed by atoms with E-state index in [2.05, 4.69) is 9.71 Å². The molecule has 0 aliphatic heterocycles. The highest BCUT2D eigenvalue weighted by atomic mass is 32.2. The second-order valence-electron chi connectivity index (χ2n) is 7.98. The Kier molecular flexibility index (Phi) is 6.20. The molecule has 7 nitrogen and oxygen atoms in total. The fourth-order valence-electron chi connectivity index (χ4n) is 3.65. The van der Waals surface area contributed by atoms with Crippen LogP contribution < -0.4 is 15.2 Å². The van der Waals surface area contributed by atoms with Crippen LogP contribution in [0.2, 0.25) is 0 Å². The first-order chi connectivity index (χ1) is 15.8. The Morgan fingerprint density at radius 1 is 0.939 bits per heavy atom. The Labute approximate surface area is 193 Å². The third kappa shape index (κ3) is 4.61. The summed E-state index contributed by atoms with van der Waals surface area (Å²) in [5.41, 5.74) is 2.52. The number of aryl methyl sites for hydroxylation is 1. The van der Waals surface area contributed by atoms with Crippen LogP contribution >= 0.6 is 0 Å². The zero-order valence-corrected chi connectivity index (χ0v) is 19.6. The van der Waals surface area contributed by atoms with Crippen LogP contribution in [0.1, 0.15) is 19.2 Å². The van der Waals surface area contributed by atoms with Gasteiger partial charge < -0.3 is 4.90 Å². The van der Waals surface area contributed by atoms with Gasteiger partial charge >= 0.3 is 0 Å². The van der Waals surface area contributed by atoms with E-state index in [0.717, 1.165) is 12.1 Å². The number of hydrogen-bond donors (Lipinski definition) is 1. The SMILES string of the molecule is CCCc1nc2ccccc2c(=O)n1-c1ccc(S(=O)(=O)Nc2ccc(N(C)C)cc2)cc1. The summed E-state index contributed by atoms with van der Waals surface area (Å²) in [6.07, 6.45) is 1.46. The molecule has 1 heterocycles. The lowest BCUT2D eigenvalue weighted by molar-refractivity contribution is 0.601. The molecular weight excluding hydrogens is 436 g/mol. The summed E-state index contributed by atoms with van der Waals surface area (Å²) in [5, 5.41) is 0.525. The summed E-state index contributed by atoms with van der Waals surface area (Å²) in [7, 11) is 0.0622. The van der Waals surface area contributed by atoms with E-state index in [-0.39, 0.29) is 10.5 Å². The summed E-state index contributed by atoms with van der Waals surface area (Å²) < 4.78 is 29.9. The van der Waals surface area contributed by atoms with Crippen molar-refractivity contribution in [1.29, 1.82) is 0 Å². The fraction of sp³-hybridized carbons (Fsp3) is 0.200. The van der Waals surface area contributed by atoms with Gasteiger partial charge in [-0.2, -0.15) is 0 Å². The van der Waals surface area contributed by atoms with Crippen LogP contribution in [0.4, 0.5) is 11.4 Å². The number of rotatable bonds is 7. The fourth-order valence-corrected chi connectivity index (χ4v) is 4.71. The van der Waals surface area contributed by atoms with Crippen molar-refractivity contribution < 1.29 is 8.42 Å². The van der Waals surface area contributed by atoms with Gasteiger partial charge in [-0.15, -0.1) is 0 Å². The van der Waals surface area contributed by atoms with Gasteiger partial charge in [0.2, 0.25) is 0 Å². The van der Waals surface area contributed by atoms with Crippen molar-refractivity contribution in [3.05, 3.63) is 89.0 Å². The number of sulfonamides is 1. The topological polar surface area (TPSA) is 84.3 Å². The Hall–Kier alpha value is -3.65. The summed E-state index contributed by atoms with van der Waals surface area (Å²) in [6, 6.07) is 20.7. The maximum Gasteiger partial charge on any atom is 0.265 e. The molecule has 8 heteroatoms. The van der Waals surface area contributed by atoms with E-state index in [1.807, 2.05) is 56.3 Å². The van der Waals surface area contributed by atoms with E-state index in [4.69, 9.17) is 0 Å². The number of fused-ring (bicyclic) bond motifs is 1. The molecule has 0 fully saturated rings. The zero-order valence-electron chi connectivity index (χ0n) is 18.8. The zero-order chi connectivity index (χ0) is 23.6. The van der Waals surface area contributed by atoms with Crippen LogP contribution in [-0.2, 0) is 16.4 Å². The molecule has 1 N–H and O–H groups in total. The largest absolute Gasteiger partial charge is 0.378 e. The van der Waals surface area contributed by atoms with E-state index >= 15 is 0 Å². The molecule has 0 saturated heterocycles. The minimum Gasteiger partial charge on any atom is -0.378 e. The van der Waals surface area contributed by atoms with Gasteiger partial charge in [0.05, 0.1) is 21.5 Å². The van der Waals surface area contributed by atoms with Crippen LogP contribution in [0.3, 0.4) is 0 Å². The van der Waals surface area contributed by atoms with E-state index in [0.29, 0.717) is 34.5 Å². The second-order valence-corrected chi connectivity index (χ2v) is 9.66. The van der Waals surface area contributed by atoms with Crippen molar-refractivity contribution in [2.24, 2.45) is 0 Å². The van der Waals surface area contributed by atoms with Gasteiger partial charge in [-0.1, -0.05) is 19.1 Å². The molecule has 170 valence electrons. The van der Waals surface area contributed by atoms with Crippen molar-refractivity contribution in [1.82, 2.24) is 9.55 Å². The highest BCUT2D eigenvalue weighted by Gasteiger charge is 2.16. The van der Waals surface area contributed by atoms with Crippen molar-refractivity contribution in [3.63, 3.8) is 0 Å². The van der Waals surface area contributed by atoms with E-state index in [9.17, 15) is 13.2 Å². The maximum absolute atomic E-state index is 13.2. The molecule has 0 aliphatic rings. The Morgan fingerprint density at radius 2 is 1.61 bits per heavy atom. The Balaban J connectivity index is 1.68. The molecule has 4 aromatic rings. The number of anilines is 2. The van der Waals surface area contributed by atoms with Crippen LogP contribution in [0.25, 0.3) is 16.6 Å². The number of nitrogens with one attached hydrogen (secondary N) is 1. The molecule has 0 radical (unpaired) electrons. The predicted octanol–water partition coefficient (Wildman–Crippen LogP) is 4.21. The molecule has 33 heavy (non-hydrogen) atoms. The quantitative estimate of drug-likeness (QED) is 0.445. The average molecular weight is 463 g/mol. The lowest BCUT2D eigenvalue weighted by Crippen LogP contribution is -2.24. The first-order valence-electron chi connectivity index (χ1n) is 10.7. The van der Waals surface area contributed by atoms with Gasteiger partial charge in [0.15, 0.2) is 0 Å². The minimum absolute atomic E-state index is 0.113. The molecule has 1 aromatic heterocycles. The molecule has 3 aromatic carbocycles. The average Bonchev–Trinajstić information content (AvgIpc) is 2.80. The number of para-hydroxylation sites is 1. The van der Waals surface area contributed by atoms with Crippen LogP contribution in [0.15, 0.2) is 82.5 Å². The monoisotopic (exact) mass is 462 g/mol. The molecule has 0 atom stereocenters. The highest BCUT2D eigenvalue weighted by Crippen LogP contribution is 2.21. The molecule has 0 saturated carbocycles. The third-order valence-electron chi connectivity index (χ3n) is 5.36. The van der Waals surface area contributed by atoms with E-state index in [1.54, 1.807) is 34.9 Å².